The molecule has 5 heteroatoms. The first-order valence-electron chi connectivity index (χ1n) is 8.03. The van der Waals surface area contributed by atoms with Gasteiger partial charge in [0.15, 0.2) is 0 Å². The molecule has 1 aromatic carbocycles. The maximum absolute atomic E-state index is 12.1. The SMILES string of the molecule is CC(C)CNc1cc(C(=O)NCCCc2ccccc2)ncn1. The van der Waals surface area contributed by atoms with Crippen molar-refractivity contribution in [3.63, 3.8) is 0 Å². The van der Waals surface area contributed by atoms with Crippen LogP contribution in [0.2, 0.25) is 0 Å². The van der Waals surface area contributed by atoms with Gasteiger partial charge in [-0.05, 0) is 24.3 Å². The minimum atomic E-state index is -0.159. The number of amides is 1. The zero-order valence-electron chi connectivity index (χ0n) is 13.7. The summed E-state index contributed by atoms with van der Waals surface area (Å²) >= 11 is 0. The van der Waals surface area contributed by atoms with E-state index < -0.39 is 0 Å². The number of nitrogens with one attached hydrogen (secondary N) is 2. The highest BCUT2D eigenvalue weighted by Crippen LogP contribution is 2.06. The third-order valence-corrected chi connectivity index (χ3v) is 3.36. The number of anilines is 1. The molecule has 0 aliphatic heterocycles. The van der Waals surface area contributed by atoms with Gasteiger partial charge in [-0.3, -0.25) is 4.79 Å². The van der Waals surface area contributed by atoms with Crippen LogP contribution in [-0.4, -0.2) is 29.0 Å². The number of carbonyl (C=O) groups excluding carboxylic acids is 1. The normalized spacial score (nSPS) is 10.6. The molecule has 0 saturated carbocycles. The van der Waals surface area contributed by atoms with E-state index in [9.17, 15) is 4.79 Å². The summed E-state index contributed by atoms with van der Waals surface area (Å²) in [5, 5.41) is 6.10. The summed E-state index contributed by atoms with van der Waals surface area (Å²) in [6.45, 7) is 5.69. The van der Waals surface area contributed by atoms with Gasteiger partial charge in [0.1, 0.15) is 17.8 Å². The average Bonchev–Trinajstić information content (AvgIpc) is 2.58. The van der Waals surface area contributed by atoms with Gasteiger partial charge in [-0.15, -0.1) is 0 Å². The Balaban J connectivity index is 1.77. The second-order valence-corrected chi connectivity index (χ2v) is 5.91. The fraction of sp³-hybridized carbons (Fsp3) is 0.389. The fourth-order valence-electron chi connectivity index (χ4n) is 2.12. The minimum Gasteiger partial charge on any atom is -0.370 e. The topological polar surface area (TPSA) is 66.9 Å². The van der Waals surface area contributed by atoms with Crippen molar-refractivity contribution in [2.45, 2.75) is 26.7 Å². The molecule has 0 aliphatic carbocycles. The number of nitrogens with zero attached hydrogens (tertiary/aromatic N) is 2. The van der Waals surface area contributed by atoms with Crippen molar-refractivity contribution in [2.24, 2.45) is 5.92 Å². The molecule has 0 saturated heterocycles. The predicted molar refractivity (Wildman–Crippen MR) is 92.5 cm³/mol. The standard InChI is InChI=1S/C18H24N4O/c1-14(2)12-20-17-11-16(21-13-22-17)18(23)19-10-6-9-15-7-4-3-5-8-15/h3-5,7-8,11,13-14H,6,9-10,12H2,1-2H3,(H,19,23)(H,20,21,22). The molecule has 0 atom stereocenters. The first-order chi connectivity index (χ1) is 11.1. The van der Waals surface area contributed by atoms with E-state index >= 15 is 0 Å². The maximum Gasteiger partial charge on any atom is 0.270 e. The number of hydrogen-bond acceptors (Lipinski definition) is 4. The van der Waals surface area contributed by atoms with Gasteiger partial charge in [0.05, 0.1) is 0 Å². The molecule has 0 bridgehead atoms. The first-order valence-corrected chi connectivity index (χ1v) is 8.03. The molecule has 0 aliphatic rings. The third-order valence-electron chi connectivity index (χ3n) is 3.36. The summed E-state index contributed by atoms with van der Waals surface area (Å²) in [6.07, 6.45) is 3.27. The molecule has 1 heterocycles. The largest absolute Gasteiger partial charge is 0.370 e. The fourth-order valence-corrected chi connectivity index (χ4v) is 2.12. The van der Waals surface area contributed by atoms with Crippen molar-refractivity contribution in [1.29, 1.82) is 0 Å². The Labute approximate surface area is 137 Å². The van der Waals surface area contributed by atoms with Crippen molar-refractivity contribution in [3.05, 3.63) is 54.0 Å². The van der Waals surface area contributed by atoms with E-state index in [1.54, 1.807) is 6.07 Å². The van der Waals surface area contributed by atoms with E-state index in [1.165, 1.54) is 11.9 Å². The van der Waals surface area contributed by atoms with Crippen molar-refractivity contribution in [1.82, 2.24) is 15.3 Å². The minimum absolute atomic E-state index is 0.159. The smallest absolute Gasteiger partial charge is 0.270 e. The van der Waals surface area contributed by atoms with Crippen LogP contribution in [0.15, 0.2) is 42.7 Å². The highest BCUT2D eigenvalue weighted by Gasteiger charge is 2.08. The second-order valence-electron chi connectivity index (χ2n) is 5.91. The van der Waals surface area contributed by atoms with Gasteiger partial charge >= 0.3 is 0 Å². The molecule has 1 amide bonds. The van der Waals surface area contributed by atoms with Crippen LogP contribution in [0.1, 0.15) is 36.3 Å². The molecule has 122 valence electrons. The Bertz CT molecular complexity index is 613. The quantitative estimate of drug-likeness (QED) is 0.736. The predicted octanol–water partition coefficient (Wildman–Crippen LogP) is 2.91. The van der Waals surface area contributed by atoms with Crippen LogP contribution in [-0.2, 0) is 6.42 Å². The van der Waals surface area contributed by atoms with E-state index in [-0.39, 0.29) is 5.91 Å². The summed E-state index contributed by atoms with van der Waals surface area (Å²) in [6, 6.07) is 11.9. The lowest BCUT2D eigenvalue weighted by atomic mass is 10.1. The van der Waals surface area contributed by atoms with Crippen LogP contribution in [0.5, 0.6) is 0 Å². The number of aryl methyl sites for hydroxylation is 1. The number of hydrogen-bond donors (Lipinski definition) is 2. The Morgan fingerprint density at radius 2 is 1.96 bits per heavy atom. The molecule has 2 aromatic rings. The van der Waals surface area contributed by atoms with Gasteiger partial charge in [0, 0.05) is 19.2 Å². The van der Waals surface area contributed by atoms with Crippen LogP contribution in [0, 0.1) is 5.92 Å². The van der Waals surface area contributed by atoms with E-state index in [0.29, 0.717) is 24.0 Å². The lowest BCUT2D eigenvalue weighted by Gasteiger charge is -2.09. The van der Waals surface area contributed by atoms with Crippen LogP contribution < -0.4 is 10.6 Å². The Morgan fingerprint density at radius 1 is 1.17 bits per heavy atom. The molecule has 0 fully saturated rings. The van der Waals surface area contributed by atoms with Crippen LogP contribution in [0.3, 0.4) is 0 Å². The van der Waals surface area contributed by atoms with E-state index in [4.69, 9.17) is 0 Å². The highest BCUT2D eigenvalue weighted by molar-refractivity contribution is 5.92. The van der Waals surface area contributed by atoms with Crippen molar-refractivity contribution >= 4 is 11.7 Å². The molecule has 23 heavy (non-hydrogen) atoms. The van der Waals surface area contributed by atoms with Crippen molar-refractivity contribution in [3.8, 4) is 0 Å². The summed E-state index contributed by atoms with van der Waals surface area (Å²) in [7, 11) is 0. The summed E-state index contributed by atoms with van der Waals surface area (Å²) < 4.78 is 0. The third kappa shape index (κ3) is 6.06. The monoisotopic (exact) mass is 312 g/mol. The van der Waals surface area contributed by atoms with Crippen molar-refractivity contribution < 1.29 is 4.79 Å². The van der Waals surface area contributed by atoms with Crippen LogP contribution in [0.25, 0.3) is 0 Å². The van der Waals surface area contributed by atoms with Crippen LogP contribution >= 0.6 is 0 Å². The molecule has 5 nitrogen and oxygen atoms in total. The van der Waals surface area contributed by atoms with E-state index in [0.717, 1.165) is 19.4 Å². The number of carbonyl (C=O) groups is 1. The molecule has 1 aromatic heterocycles. The Hall–Kier alpha value is -2.43. The van der Waals surface area contributed by atoms with Gasteiger partial charge in [0.2, 0.25) is 0 Å². The van der Waals surface area contributed by atoms with E-state index in [1.807, 2.05) is 18.2 Å². The first kappa shape index (κ1) is 16.9. The summed E-state index contributed by atoms with van der Waals surface area (Å²) in [5.41, 5.74) is 1.68. The zero-order chi connectivity index (χ0) is 16.5. The van der Waals surface area contributed by atoms with Crippen LogP contribution in [0.4, 0.5) is 5.82 Å². The van der Waals surface area contributed by atoms with E-state index in [2.05, 4.69) is 46.6 Å². The van der Waals surface area contributed by atoms with Gasteiger partial charge in [-0.2, -0.15) is 0 Å². The molecule has 2 rings (SSSR count). The van der Waals surface area contributed by atoms with Gasteiger partial charge in [-0.1, -0.05) is 44.2 Å². The molecule has 0 unspecified atom stereocenters. The average molecular weight is 312 g/mol. The molecular weight excluding hydrogens is 288 g/mol. The van der Waals surface area contributed by atoms with Gasteiger partial charge < -0.3 is 10.6 Å². The number of benzene rings is 1. The van der Waals surface area contributed by atoms with Gasteiger partial charge in [0.25, 0.3) is 5.91 Å². The number of aromatic nitrogens is 2. The lowest BCUT2D eigenvalue weighted by Crippen LogP contribution is -2.26. The summed E-state index contributed by atoms with van der Waals surface area (Å²) in [5.74, 6) is 1.04. The Morgan fingerprint density at radius 3 is 2.70 bits per heavy atom. The zero-order valence-corrected chi connectivity index (χ0v) is 13.7. The maximum atomic E-state index is 12.1. The second kappa shape index (κ2) is 8.88. The molecular formula is C18H24N4O. The highest BCUT2D eigenvalue weighted by atomic mass is 16.1. The Kier molecular flexibility index (Phi) is 6.54. The van der Waals surface area contributed by atoms with Gasteiger partial charge in [-0.25, -0.2) is 9.97 Å². The number of rotatable bonds is 8. The van der Waals surface area contributed by atoms with Crippen molar-refractivity contribution in [2.75, 3.05) is 18.4 Å². The lowest BCUT2D eigenvalue weighted by molar-refractivity contribution is 0.0948. The molecule has 0 spiro atoms. The molecule has 0 radical (unpaired) electrons. The summed E-state index contributed by atoms with van der Waals surface area (Å²) in [4.78, 5) is 20.3. The molecule has 2 N–H and O–H groups in total.